The maximum Gasteiger partial charge on any atom is 0.273 e. The predicted octanol–water partition coefficient (Wildman–Crippen LogP) is 2.26. The Labute approximate surface area is 102 Å². The van der Waals surface area contributed by atoms with Crippen LogP contribution in [0.1, 0.15) is 16.2 Å². The second-order valence-electron chi connectivity index (χ2n) is 3.88. The molecule has 0 aliphatic rings. The Bertz CT molecular complexity index is 607. The summed E-state index contributed by atoms with van der Waals surface area (Å²) in [5.41, 5.74) is 1.24. The van der Waals surface area contributed by atoms with Crippen LogP contribution < -0.4 is 5.32 Å². The molecule has 94 valence electrons. The van der Waals surface area contributed by atoms with Gasteiger partial charge in [0, 0.05) is 18.8 Å². The van der Waals surface area contributed by atoms with Gasteiger partial charge in [0.2, 0.25) is 0 Å². The summed E-state index contributed by atoms with van der Waals surface area (Å²) < 4.78 is 27.1. The van der Waals surface area contributed by atoms with Crippen LogP contribution in [-0.4, -0.2) is 15.7 Å². The van der Waals surface area contributed by atoms with Gasteiger partial charge < -0.3 is 5.32 Å². The third kappa shape index (κ3) is 2.37. The second kappa shape index (κ2) is 4.56. The van der Waals surface area contributed by atoms with Gasteiger partial charge in [-0.05, 0) is 25.1 Å². The number of rotatable bonds is 2. The lowest BCUT2D eigenvalue weighted by Gasteiger charge is -2.05. The van der Waals surface area contributed by atoms with E-state index in [2.05, 4.69) is 10.4 Å². The van der Waals surface area contributed by atoms with E-state index in [0.29, 0.717) is 11.4 Å². The van der Waals surface area contributed by atoms with E-state index in [0.717, 1.165) is 12.1 Å². The molecular weight excluding hydrogens is 240 g/mol. The first kappa shape index (κ1) is 12.2. The molecule has 0 spiro atoms. The second-order valence-corrected chi connectivity index (χ2v) is 3.88. The number of benzene rings is 1. The van der Waals surface area contributed by atoms with Gasteiger partial charge in [-0.15, -0.1) is 0 Å². The molecule has 2 rings (SSSR count). The van der Waals surface area contributed by atoms with E-state index in [1.807, 2.05) is 0 Å². The Balaban J connectivity index is 2.21. The predicted molar refractivity (Wildman–Crippen MR) is 62.3 cm³/mol. The molecule has 6 heteroatoms. The van der Waals surface area contributed by atoms with Gasteiger partial charge in [0.05, 0.1) is 5.69 Å². The molecule has 0 aliphatic heterocycles. The van der Waals surface area contributed by atoms with Crippen LogP contribution >= 0.6 is 0 Å². The van der Waals surface area contributed by atoms with Gasteiger partial charge in [-0.1, -0.05) is 0 Å². The van der Waals surface area contributed by atoms with Crippen molar-refractivity contribution >= 4 is 11.6 Å². The summed E-state index contributed by atoms with van der Waals surface area (Å²) in [6.45, 7) is 1.76. The van der Waals surface area contributed by atoms with Crippen molar-refractivity contribution in [3.05, 3.63) is 47.3 Å². The van der Waals surface area contributed by atoms with Crippen molar-refractivity contribution in [3.63, 3.8) is 0 Å². The maximum absolute atomic E-state index is 13.0. The minimum absolute atomic E-state index is 0.192. The molecule has 1 aromatic heterocycles. The zero-order chi connectivity index (χ0) is 13.3. The minimum atomic E-state index is -1.01. The molecule has 4 nitrogen and oxygen atoms in total. The van der Waals surface area contributed by atoms with E-state index < -0.39 is 17.5 Å². The van der Waals surface area contributed by atoms with E-state index in [4.69, 9.17) is 0 Å². The monoisotopic (exact) mass is 251 g/mol. The van der Waals surface area contributed by atoms with Crippen LogP contribution in [0.15, 0.2) is 24.3 Å². The molecule has 1 N–H and O–H groups in total. The molecule has 0 fully saturated rings. The van der Waals surface area contributed by atoms with Crippen molar-refractivity contribution in [2.75, 3.05) is 5.32 Å². The highest BCUT2D eigenvalue weighted by Crippen LogP contribution is 2.14. The molecular formula is C12H11F2N3O. The van der Waals surface area contributed by atoms with Crippen LogP contribution in [0.2, 0.25) is 0 Å². The van der Waals surface area contributed by atoms with Crippen LogP contribution in [0.4, 0.5) is 14.5 Å². The molecule has 0 unspecified atom stereocenters. The highest BCUT2D eigenvalue weighted by Gasteiger charge is 2.12. The molecule has 0 saturated heterocycles. The number of anilines is 1. The first-order valence-corrected chi connectivity index (χ1v) is 5.24. The number of hydrogen-bond acceptors (Lipinski definition) is 2. The zero-order valence-corrected chi connectivity index (χ0v) is 9.87. The Kier molecular flexibility index (Phi) is 3.10. The third-order valence-corrected chi connectivity index (χ3v) is 2.41. The first-order valence-electron chi connectivity index (χ1n) is 5.24. The van der Waals surface area contributed by atoms with Gasteiger partial charge in [-0.25, -0.2) is 8.78 Å². The first-order chi connectivity index (χ1) is 8.47. The number of amides is 1. The van der Waals surface area contributed by atoms with Crippen LogP contribution in [0.25, 0.3) is 0 Å². The van der Waals surface area contributed by atoms with Gasteiger partial charge in [0.15, 0.2) is 11.6 Å². The van der Waals surface area contributed by atoms with Crippen molar-refractivity contribution in [3.8, 4) is 0 Å². The number of nitrogens with zero attached hydrogens (tertiary/aromatic N) is 2. The number of halogens is 2. The summed E-state index contributed by atoms with van der Waals surface area (Å²) in [6, 6.07) is 4.78. The third-order valence-electron chi connectivity index (χ3n) is 2.41. The number of aromatic nitrogens is 2. The van der Waals surface area contributed by atoms with Crippen LogP contribution in [-0.2, 0) is 7.05 Å². The summed E-state index contributed by atoms with van der Waals surface area (Å²) in [7, 11) is 1.63. The van der Waals surface area contributed by atoms with E-state index in [1.54, 1.807) is 20.0 Å². The van der Waals surface area contributed by atoms with E-state index in [1.165, 1.54) is 10.7 Å². The van der Waals surface area contributed by atoms with Gasteiger partial charge in [0.1, 0.15) is 5.69 Å². The Morgan fingerprint density at radius 2 is 2.00 bits per heavy atom. The highest BCUT2D eigenvalue weighted by atomic mass is 19.2. The highest BCUT2D eigenvalue weighted by molar-refractivity contribution is 6.03. The van der Waals surface area contributed by atoms with Crippen LogP contribution in [0.5, 0.6) is 0 Å². The van der Waals surface area contributed by atoms with Crippen molar-refractivity contribution in [2.45, 2.75) is 6.92 Å². The maximum atomic E-state index is 13.0. The van der Waals surface area contributed by atoms with Gasteiger partial charge in [-0.3, -0.25) is 9.48 Å². The van der Waals surface area contributed by atoms with Crippen molar-refractivity contribution in [1.82, 2.24) is 9.78 Å². The average molecular weight is 251 g/mol. The van der Waals surface area contributed by atoms with Crippen molar-refractivity contribution in [2.24, 2.45) is 7.05 Å². The lowest BCUT2D eigenvalue weighted by Crippen LogP contribution is -2.16. The Hall–Kier alpha value is -2.24. The standard InChI is InChI=1S/C12H11F2N3O/c1-7-5-11(17(2)16-7)12(18)15-8-3-4-9(13)10(14)6-8/h3-6H,1-2H3,(H,15,18). The Morgan fingerprint density at radius 1 is 1.28 bits per heavy atom. The Morgan fingerprint density at radius 3 is 2.56 bits per heavy atom. The van der Waals surface area contributed by atoms with Crippen LogP contribution in [0, 0.1) is 18.6 Å². The molecule has 18 heavy (non-hydrogen) atoms. The molecule has 0 aliphatic carbocycles. The minimum Gasteiger partial charge on any atom is -0.321 e. The zero-order valence-electron chi connectivity index (χ0n) is 9.87. The molecule has 0 bridgehead atoms. The molecule has 0 saturated carbocycles. The molecule has 0 radical (unpaired) electrons. The van der Waals surface area contributed by atoms with E-state index in [9.17, 15) is 13.6 Å². The average Bonchev–Trinajstić information content (AvgIpc) is 2.63. The number of nitrogens with one attached hydrogen (secondary N) is 1. The fourth-order valence-electron chi connectivity index (χ4n) is 1.59. The summed E-state index contributed by atoms with van der Waals surface area (Å²) in [6.07, 6.45) is 0. The van der Waals surface area contributed by atoms with Crippen molar-refractivity contribution in [1.29, 1.82) is 0 Å². The fourth-order valence-corrected chi connectivity index (χ4v) is 1.59. The SMILES string of the molecule is Cc1cc(C(=O)Nc2ccc(F)c(F)c2)n(C)n1. The topological polar surface area (TPSA) is 46.9 Å². The number of carbonyl (C=O) groups excluding carboxylic acids is 1. The molecule has 2 aromatic rings. The van der Waals surface area contributed by atoms with E-state index in [-0.39, 0.29) is 5.69 Å². The van der Waals surface area contributed by atoms with E-state index >= 15 is 0 Å². The summed E-state index contributed by atoms with van der Waals surface area (Å²) in [5, 5.41) is 6.50. The summed E-state index contributed by atoms with van der Waals surface area (Å²) >= 11 is 0. The lowest BCUT2D eigenvalue weighted by molar-refractivity contribution is 0.101. The quantitative estimate of drug-likeness (QED) is 0.889. The van der Waals surface area contributed by atoms with Gasteiger partial charge >= 0.3 is 0 Å². The van der Waals surface area contributed by atoms with Crippen LogP contribution in [0.3, 0.4) is 0 Å². The summed E-state index contributed by atoms with van der Waals surface area (Å²) in [4.78, 5) is 11.9. The van der Waals surface area contributed by atoms with Gasteiger partial charge in [0.25, 0.3) is 5.91 Å². The number of hydrogen-bond donors (Lipinski definition) is 1. The molecule has 1 amide bonds. The number of carbonyl (C=O) groups is 1. The molecule has 0 atom stereocenters. The lowest BCUT2D eigenvalue weighted by atomic mass is 10.3. The molecule has 1 heterocycles. The fraction of sp³-hybridized carbons (Fsp3) is 0.167. The smallest absolute Gasteiger partial charge is 0.273 e. The van der Waals surface area contributed by atoms with Gasteiger partial charge in [-0.2, -0.15) is 5.10 Å². The van der Waals surface area contributed by atoms with Crippen molar-refractivity contribution < 1.29 is 13.6 Å². The largest absolute Gasteiger partial charge is 0.321 e. The molecule has 1 aromatic carbocycles. The normalized spacial score (nSPS) is 10.4. The summed E-state index contributed by atoms with van der Waals surface area (Å²) in [5.74, 6) is -2.39. The number of aryl methyl sites for hydroxylation is 2.